The number of aliphatic imine (C=N–C) groups is 1. The zero-order valence-electron chi connectivity index (χ0n) is 13.8. The van der Waals surface area contributed by atoms with Crippen molar-refractivity contribution in [3.63, 3.8) is 0 Å². The Hall–Kier alpha value is -0.440. The summed E-state index contributed by atoms with van der Waals surface area (Å²) in [5.74, 6) is 2.26. The highest BCUT2D eigenvalue weighted by molar-refractivity contribution is 14.0. The van der Waals surface area contributed by atoms with E-state index in [-0.39, 0.29) is 24.0 Å². The van der Waals surface area contributed by atoms with Crippen LogP contribution in [-0.4, -0.2) is 58.3 Å². The number of halogens is 1. The van der Waals surface area contributed by atoms with E-state index in [1.165, 1.54) is 17.7 Å². The fourth-order valence-corrected chi connectivity index (χ4v) is 3.76. The largest absolute Gasteiger partial charge is 0.356 e. The summed E-state index contributed by atoms with van der Waals surface area (Å²) in [6.45, 7) is 5.44. The minimum Gasteiger partial charge on any atom is -0.356 e. The Morgan fingerprint density at radius 3 is 3.00 bits per heavy atom. The molecule has 22 heavy (non-hydrogen) atoms. The zero-order valence-corrected chi connectivity index (χ0v) is 16.9. The van der Waals surface area contributed by atoms with Crippen LogP contribution in [0, 0.1) is 0 Å². The number of rotatable bonds is 5. The number of hydrogen-bond acceptors (Lipinski definition) is 3. The first-order chi connectivity index (χ1) is 10.2. The number of aryl methyl sites for hydroxylation is 2. The Morgan fingerprint density at radius 2 is 2.36 bits per heavy atom. The SMILES string of the molecule is CCC1CN(C(=NC)NCCCc2cnn(C)c2)CCS1.I. The normalized spacial score (nSPS) is 19.0. The smallest absolute Gasteiger partial charge is 0.193 e. The lowest BCUT2D eigenvalue weighted by molar-refractivity contribution is 0.408. The highest BCUT2D eigenvalue weighted by Gasteiger charge is 2.21. The molecule has 1 saturated heterocycles. The Morgan fingerprint density at radius 1 is 1.55 bits per heavy atom. The first kappa shape index (κ1) is 19.6. The summed E-state index contributed by atoms with van der Waals surface area (Å²) in [4.78, 5) is 6.83. The van der Waals surface area contributed by atoms with Gasteiger partial charge in [0.25, 0.3) is 0 Å². The van der Waals surface area contributed by atoms with Gasteiger partial charge in [-0.2, -0.15) is 16.9 Å². The summed E-state index contributed by atoms with van der Waals surface area (Å²) in [6.07, 6.45) is 7.43. The van der Waals surface area contributed by atoms with Crippen LogP contribution in [0.1, 0.15) is 25.3 Å². The summed E-state index contributed by atoms with van der Waals surface area (Å²) >= 11 is 2.09. The lowest BCUT2D eigenvalue weighted by Crippen LogP contribution is -2.48. The fourth-order valence-electron chi connectivity index (χ4n) is 2.58. The van der Waals surface area contributed by atoms with Crippen molar-refractivity contribution in [2.75, 3.05) is 32.4 Å². The number of guanidine groups is 1. The maximum absolute atomic E-state index is 4.43. The molecule has 7 heteroatoms. The Balaban J connectivity index is 0.00000242. The van der Waals surface area contributed by atoms with Gasteiger partial charge in [-0.05, 0) is 24.8 Å². The van der Waals surface area contributed by atoms with Gasteiger partial charge in [-0.15, -0.1) is 24.0 Å². The van der Waals surface area contributed by atoms with Gasteiger partial charge in [-0.3, -0.25) is 9.67 Å². The highest BCUT2D eigenvalue weighted by atomic mass is 127. The van der Waals surface area contributed by atoms with Crippen molar-refractivity contribution in [1.29, 1.82) is 0 Å². The lowest BCUT2D eigenvalue weighted by Gasteiger charge is -2.34. The minimum atomic E-state index is 0. The summed E-state index contributed by atoms with van der Waals surface area (Å²) in [7, 11) is 3.84. The topological polar surface area (TPSA) is 45.4 Å². The summed E-state index contributed by atoms with van der Waals surface area (Å²) in [5, 5.41) is 8.44. The van der Waals surface area contributed by atoms with Crippen LogP contribution in [0.5, 0.6) is 0 Å². The van der Waals surface area contributed by atoms with E-state index in [2.05, 4.69) is 45.2 Å². The molecule has 1 aromatic rings. The average Bonchev–Trinajstić information content (AvgIpc) is 2.93. The molecule has 0 bridgehead atoms. The molecule has 126 valence electrons. The van der Waals surface area contributed by atoms with Gasteiger partial charge in [0.05, 0.1) is 6.20 Å². The predicted octanol–water partition coefficient (Wildman–Crippen LogP) is 2.37. The zero-order chi connectivity index (χ0) is 15.1. The van der Waals surface area contributed by atoms with E-state index in [1.807, 2.05) is 25.0 Å². The minimum absolute atomic E-state index is 0. The molecule has 1 unspecified atom stereocenters. The van der Waals surface area contributed by atoms with E-state index in [1.54, 1.807) is 0 Å². The summed E-state index contributed by atoms with van der Waals surface area (Å²) in [5.41, 5.74) is 1.30. The van der Waals surface area contributed by atoms with Crippen LogP contribution >= 0.6 is 35.7 Å². The van der Waals surface area contributed by atoms with Gasteiger partial charge in [-0.1, -0.05) is 6.92 Å². The van der Waals surface area contributed by atoms with Crippen molar-refractivity contribution in [2.24, 2.45) is 12.0 Å². The van der Waals surface area contributed by atoms with Crippen molar-refractivity contribution in [3.05, 3.63) is 18.0 Å². The van der Waals surface area contributed by atoms with E-state index in [9.17, 15) is 0 Å². The average molecular weight is 437 g/mol. The Bertz CT molecular complexity index is 463. The van der Waals surface area contributed by atoms with Crippen LogP contribution in [-0.2, 0) is 13.5 Å². The van der Waals surface area contributed by atoms with Crippen LogP contribution in [0.4, 0.5) is 0 Å². The monoisotopic (exact) mass is 437 g/mol. The molecule has 0 spiro atoms. The maximum Gasteiger partial charge on any atom is 0.193 e. The van der Waals surface area contributed by atoms with Gasteiger partial charge in [0.15, 0.2) is 5.96 Å². The molecule has 5 nitrogen and oxygen atoms in total. The third-order valence-corrected chi connectivity index (χ3v) is 5.16. The second kappa shape index (κ2) is 10.4. The van der Waals surface area contributed by atoms with E-state index >= 15 is 0 Å². The maximum atomic E-state index is 4.43. The first-order valence-electron chi connectivity index (χ1n) is 7.77. The van der Waals surface area contributed by atoms with Gasteiger partial charge >= 0.3 is 0 Å². The number of nitrogens with zero attached hydrogens (tertiary/aromatic N) is 4. The fraction of sp³-hybridized carbons (Fsp3) is 0.733. The molecule has 1 aromatic heterocycles. The highest BCUT2D eigenvalue weighted by Crippen LogP contribution is 2.20. The summed E-state index contributed by atoms with van der Waals surface area (Å²) in [6, 6.07) is 0. The quantitative estimate of drug-likeness (QED) is 0.333. The standard InChI is InChI=1S/C15H27N5S.HI/c1-4-14-12-20(8-9-21-14)15(16-2)17-7-5-6-13-10-18-19(3)11-13;/h10-11,14H,4-9,12H2,1-3H3,(H,16,17);1H. The predicted molar refractivity (Wildman–Crippen MR) is 106 cm³/mol. The molecule has 0 amide bonds. The Kier molecular flexibility index (Phi) is 9.23. The molecule has 1 aliphatic heterocycles. The number of aromatic nitrogens is 2. The molecular formula is C15H28IN5S. The molecule has 1 N–H and O–H groups in total. The van der Waals surface area contributed by atoms with Crippen molar-refractivity contribution in [2.45, 2.75) is 31.4 Å². The van der Waals surface area contributed by atoms with Crippen LogP contribution < -0.4 is 5.32 Å². The van der Waals surface area contributed by atoms with Crippen molar-refractivity contribution >= 4 is 41.7 Å². The van der Waals surface area contributed by atoms with Crippen LogP contribution in [0.15, 0.2) is 17.4 Å². The lowest BCUT2D eigenvalue weighted by atomic mass is 10.2. The molecule has 1 aliphatic rings. The number of nitrogens with one attached hydrogen (secondary N) is 1. The molecular weight excluding hydrogens is 409 g/mol. The van der Waals surface area contributed by atoms with Crippen LogP contribution in [0.25, 0.3) is 0 Å². The van der Waals surface area contributed by atoms with Gasteiger partial charge in [0, 0.05) is 50.9 Å². The first-order valence-corrected chi connectivity index (χ1v) is 8.82. The van der Waals surface area contributed by atoms with Crippen molar-refractivity contribution in [1.82, 2.24) is 20.0 Å². The van der Waals surface area contributed by atoms with E-state index in [0.29, 0.717) is 0 Å². The van der Waals surface area contributed by atoms with Crippen LogP contribution in [0.3, 0.4) is 0 Å². The van der Waals surface area contributed by atoms with E-state index < -0.39 is 0 Å². The molecule has 1 fully saturated rings. The molecule has 2 rings (SSSR count). The molecule has 0 saturated carbocycles. The van der Waals surface area contributed by atoms with Crippen molar-refractivity contribution in [3.8, 4) is 0 Å². The van der Waals surface area contributed by atoms with Gasteiger partial charge in [-0.25, -0.2) is 0 Å². The summed E-state index contributed by atoms with van der Waals surface area (Å²) < 4.78 is 1.86. The molecule has 2 heterocycles. The number of thioether (sulfide) groups is 1. The second-order valence-electron chi connectivity index (χ2n) is 5.45. The Labute approximate surface area is 155 Å². The molecule has 0 radical (unpaired) electrons. The van der Waals surface area contributed by atoms with Gasteiger partial charge in [0.2, 0.25) is 0 Å². The van der Waals surface area contributed by atoms with E-state index in [4.69, 9.17) is 0 Å². The molecule has 0 aromatic carbocycles. The van der Waals surface area contributed by atoms with Gasteiger partial charge in [0.1, 0.15) is 0 Å². The molecule has 0 aliphatic carbocycles. The third kappa shape index (κ3) is 5.98. The number of hydrogen-bond donors (Lipinski definition) is 1. The third-order valence-electron chi connectivity index (χ3n) is 3.79. The van der Waals surface area contributed by atoms with Gasteiger partial charge < -0.3 is 10.2 Å². The molecule has 1 atom stereocenters. The second-order valence-corrected chi connectivity index (χ2v) is 6.86. The van der Waals surface area contributed by atoms with E-state index in [0.717, 1.165) is 43.7 Å². The van der Waals surface area contributed by atoms with Crippen molar-refractivity contribution < 1.29 is 0 Å². The van der Waals surface area contributed by atoms with Crippen LogP contribution in [0.2, 0.25) is 0 Å².